The molecule has 0 heterocycles. The third-order valence-electron chi connectivity index (χ3n) is 2.29. The Morgan fingerprint density at radius 2 is 2.18 bits per heavy atom. The normalized spacial score (nSPS) is 13.4. The highest BCUT2D eigenvalue weighted by molar-refractivity contribution is 7.89. The van der Waals surface area contributed by atoms with Crippen LogP contribution in [0.1, 0.15) is 11.7 Å². The van der Waals surface area contributed by atoms with Crippen molar-refractivity contribution in [3.05, 3.63) is 23.8 Å². The first-order valence-electron chi connectivity index (χ1n) is 4.93. The van der Waals surface area contributed by atoms with E-state index in [1.165, 1.54) is 25.3 Å². The van der Waals surface area contributed by atoms with Crippen LogP contribution in [-0.2, 0) is 10.0 Å². The smallest absolute Gasteiger partial charge is 0.238 e. The Labute approximate surface area is 100 Å². The Bertz CT molecular complexity index is 487. The zero-order valence-corrected chi connectivity index (χ0v) is 10.5. The van der Waals surface area contributed by atoms with Gasteiger partial charge in [0.25, 0.3) is 0 Å². The molecule has 1 rings (SSSR count). The van der Waals surface area contributed by atoms with Gasteiger partial charge in [0.1, 0.15) is 5.75 Å². The molecule has 0 saturated heterocycles. The third-order valence-corrected chi connectivity index (χ3v) is 3.20. The van der Waals surface area contributed by atoms with Crippen LogP contribution in [0, 0.1) is 0 Å². The zero-order valence-electron chi connectivity index (χ0n) is 9.67. The Morgan fingerprint density at radius 3 is 2.65 bits per heavy atom. The van der Waals surface area contributed by atoms with Crippen molar-refractivity contribution >= 4 is 10.0 Å². The van der Waals surface area contributed by atoms with E-state index in [4.69, 9.17) is 9.88 Å². The van der Waals surface area contributed by atoms with Crippen molar-refractivity contribution in [3.8, 4) is 5.75 Å². The molecule has 0 bridgehead atoms. The summed E-state index contributed by atoms with van der Waals surface area (Å²) in [6.07, 6.45) is -0.864. The van der Waals surface area contributed by atoms with Crippen molar-refractivity contribution in [3.63, 3.8) is 0 Å². The van der Waals surface area contributed by atoms with Crippen molar-refractivity contribution in [2.75, 3.05) is 20.7 Å². The predicted molar refractivity (Wildman–Crippen MR) is 63.3 cm³/mol. The minimum absolute atomic E-state index is 0.0524. The molecule has 0 fully saturated rings. The lowest BCUT2D eigenvalue weighted by molar-refractivity contribution is 0.173. The number of hydrogen-bond acceptors (Lipinski definition) is 5. The minimum Gasteiger partial charge on any atom is -0.496 e. The molecule has 0 aliphatic heterocycles. The quantitative estimate of drug-likeness (QED) is 0.668. The van der Waals surface area contributed by atoms with Crippen LogP contribution in [0.5, 0.6) is 5.75 Å². The molecule has 7 heteroatoms. The average molecular weight is 260 g/mol. The fourth-order valence-electron chi connectivity index (χ4n) is 1.45. The Balaban J connectivity index is 3.24. The number of likely N-dealkylation sites (N-methyl/N-ethyl adjacent to an activating group) is 1. The Kier molecular flexibility index (Phi) is 4.47. The van der Waals surface area contributed by atoms with Crippen LogP contribution >= 0.6 is 0 Å². The number of ether oxygens (including phenoxy) is 1. The monoisotopic (exact) mass is 260 g/mol. The summed E-state index contributed by atoms with van der Waals surface area (Å²) >= 11 is 0. The minimum atomic E-state index is -3.79. The molecule has 96 valence electrons. The van der Waals surface area contributed by atoms with Crippen molar-refractivity contribution < 1.29 is 18.3 Å². The maximum absolute atomic E-state index is 11.2. The summed E-state index contributed by atoms with van der Waals surface area (Å²) in [5, 5.41) is 17.7. The first-order chi connectivity index (χ1) is 7.90. The Hall–Kier alpha value is -1.15. The molecule has 1 aromatic rings. The molecule has 6 nitrogen and oxygen atoms in total. The molecule has 0 aliphatic rings. The number of nitrogens with two attached hydrogens (primary N) is 1. The molecular weight excluding hydrogens is 244 g/mol. The first kappa shape index (κ1) is 13.9. The van der Waals surface area contributed by atoms with Gasteiger partial charge in [-0.3, -0.25) is 0 Å². The van der Waals surface area contributed by atoms with Crippen LogP contribution in [0.4, 0.5) is 0 Å². The standard InChI is InChI=1S/C10H16N2O4S/c1-12-6-9(13)8-5-7(17(11,14)15)3-4-10(8)16-2/h3-5,9,12-13H,6H2,1-2H3,(H2,11,14,15). The summed E-state index contributed by atoms with van der Waals surface area (Å²) < 4.78 is 27.5. The van der Waals surface area contributed by atoms with Crippen molar-refractivity contribution in [1.82, 2.24) is 5.32 Å². The van der Waals surface area contributed by atoms with Crippen LogP contribution in [0.3, 0.4) is 0 Å². The van der Waals surface area contributed by atoms with E-state index in [9.17, 15) is 13.5 Å². The van der Waals surface area contributed by atoms with Gasteiger partial charge in [0.05, 0.1) is 18.1 Å². The van der Waals surface area contributed by atoms with Gasteiger partial charge in [-0.2, -0.15) is 0 Å². The third kappa shape index (κ3) is 3.40. The molecule has 0 amide bonds. The van der Waals surface area contributed by atoms with Crippen LogP contribution in [0.2, 0.25) is 0 Å². The van der Waals surface area contributed by atoms with Gasteiger partial charge in [0.15, 0.2) is 0 Å². The molecule has 0 aliphatic carbocycles. The van der Waals surface area contributed by atoms with E-state index in [0.717, 1.165) is 0 Å². The topological polar surface area (TPSA) is 102 Å². The van der Waals surface area contributed by atoms with Gasteiger partial charge in [-0.15, -0.1) is 0 Å². The number of methoxy groups -OCH3 is 1. The Morgan fingerprint density at radius 1 is 1.53 bits per heavy atom. The van der Waals surface area contributed by atoms with Gasteiger partial charge >= 0.3 is 0 Å². The van der Waals surface area contributed by atoms with Gasteiger partial charge in [-0.25, -0.2) is 13.6 Å². The summed E-state index contributed by atoms with van der Waals surface area (Å²) in [5.41, 5.74) is 0.383. The molecule has 0 aromatic heterocycles. The zero-order chi connectivity index (χ0) is 13.1. The van der Waals surface area contributed by atoms with Gasteiger partial charge < -0.3 is 15.2 Å². The van der Waals surface area contributed by atoms with E-state index in [1.54, 1.807) is 7.05 Å². The summed E-state index contributed by atoms with van der Waals surface area (Å²) in [4.78, 5) is -0.0524. The molecule has 1 unspecified atom stereocenters. The largest absolute Gasteiger partial charge is 0.496 e. The van der Waals surface area contributed by atoms with Crippen molar-refractivity contribution in [1.29, 1.82) is 0 Å². The number of aliphatic hydroxyl groups excluding tert-OH is 1. The van der Waals surface area contributed by atoms with E-state index in [1.807, 2.05) is 0 Å². The number of aliphatic hydroxyl groups is 1. The van der Waals surface area contributed by atoms with Gasteiger partial charge in [-0.1, -0.05) is 0 Å². The average Bonchev–Trinajstić information content (AvgIpc) is 2.27. The number of hydrogen-bond donors (Lipinski definition) is 3. The van der Waals surface area contributed by atoms with E-state index < -0.39 is 16.1 Å². The lowest BCUT2D eigenvalue weighted by Gasteiger charge is -2.15. The number of nitrogens with one attached hydrogen (secondary N) is 1. The molecule has 1 aromatic carbocycles. The van der Waals surface area contributed by atoms with Crippen LogP contribution < -0.4 is 15.2 Å². The van der Waals surface area contributed by atoms with E-state index in [-0.39, 0.29) is 11.4 Å². The fourth-order valence-corrected chi connectivity index (χ4v) is 2.00. The molecule has 17 heavy (non-hydrogen) atoms. The van der Waals surface area contributed by atoms with E-state index in [0.29, 0.717) is 11.3 Å². The molecule has 0 spiro atoms. The van der Waals surface area contributed by atoms with E-state index in [2.05, 4.69) is 5.32 Å². The fraction of sp³-hybridized carbons (Fsp3) is 0.400. The van der Waals surface area contributed by atoms with E-state index >= 15 is 0 Å². The van der Waals surface area contributed by atoms with Crippen LogP contribution in [0.25, 0.3) is 0 Å². The molecule has 1 atom stereocenters. The summed E-state index contributed by atoms with van der Waals surface area (Å²) in [7, 11) is -0.660. The lowest BCUT2D eigenvalue weighted by atomic mass is 10.1. The second-order valence-electron chi connectivity index (χ2n) is 3.52. The van der Waals surface area contributed by atoms with Gasteiger partial charge in [0.2, 0.25) is 10.0 Å². The van der Waals surface area contributed by atoms with Crippen molar-refractivity contribution in [2.24, 2.45) is 5.14 Å². The highest BCUT2D eigenvalue weighted by Crippen LogP contribution is 2.27. The van der Waals surface area contributed by atoms with Gasteiger partial charge in [0, 0.05) is 12.1 Å². The first-order valence-corrected chi connectivity index (χ1v) is 6.48. The summed E-state index contributed by atoms with van der Waals surface area (Å²) in [6, 6.07) is 4.12. The molecular formula is C10H16N2O4S. The number of rotatable bonds is 5. The van der Waals surface area contributed by atoms with Crippen LogP contribution in [0.15, 0.2) is 23.1 Å². The SMILES string of the molecule is CNCC(O)c1cc(S(N)(=O)=O)ccc1OC. The maximum Gasteiger partial charge on any atom is 0.238 e. The second kappa shape index (κ2) is 5.46. The summed E-state index contributed by atoms with van der Waals surface area (Å²) in [6.45, 7) is 0.282. The number of primary sulfonamides is 1. The highest BCUT2D eigenvalue weighted by atomic mass is 32.2. The number of sulfonamides is 1. The van der Waals surface area contributed by atoms with Crippen molar-refractivity contribution in [2.45, 2.75) is 11.0 Å². The highest BCUT2D eigenvalue weighted by Gasteiger charge is 2.17. The lowest BCUT2D eigenvalue weighted by Crippen LogP contribution is -2.18. The molecule has 0 saturated carbocycles. The molecule has 4 N–H and O–H groups in total. The predicted octanol–water partition coefficient (Wildman–Crippen LogP) is -0.405. The van der Waals surface area contributed by atoms with Gasteiger partial charge in [-0.05, 0) is 25.2 Å². The second-order valence-corrected chi connectivity index (χ2v) is 5.08. The summed E-state index contributed by atoms with van der Waals surface area (Å²) in [5.74, 6) is 0.417. The van der Waals surface area contributed by atoms with Crippen LogP contribution in [-0.4, -0.2) is 34.2 Å². The molecule has 0 radical (unpaired) electrons. The number of benzene rings is 1. The maximum atomic E-state index is 11.2.